The molecule has 0 unspecified atom stereocenters. The Balaban J connectivity index is 2.07. The van der Waals surface area contributed by atoms with Crippen LogP contribution in [0, 0.1) is 0 Å². The molecule has 0 bridgehead atoms. The van der Waals surface area contributed by atoms with Gasteiger partial charge in [0.25, 0.3) is 0 Å². The molecule has 0 saturated carbocycles. The minimum atomic E-state index is 0.671. The first-order chi connectivity index (χ1) is 8.69. The summed E-state index contributed by atoms with van der Waals surface area (Å²) in [4.78, 5) is 0. The molecule has 18 heavy (non-hydrogen) atoms. The first-order valence-corrected chi connectivity index (χ1v) is 6.26. The molecule has 0 spiro atoms. The molecule has 0 aliphatic rings. The lowest BCUT2D eigenvalue weighted by atomic mass is 10.2. The van der Waals surface area contributed by atoms with Gasteiger partial charge in [-0.25, -0.2) is 0 Å². The molecule has 0 radical (unpaired) electrons. The zero-order valence-electron chi connectivity index (χ0n) is 9.91. The van der Waals surface area contributed by atoms with E-state index in [0.29, 0.717) is 11.6 Å². The third-order valence-corrected chi connectivity index (χ3v) is 3.15. The Bertz CT molecular complexity index is 526. The Morgan fingerprint density at radius 3 is 2.44 bits per heavy atom. The Labute approximate surface area is 116 Å². The van der Waals surface area contributed by atoms with Crippen LogP contribution in [0.4, 0.5) is 5.69 Å². The molecule has 2 aromatic rings. The number of hydrogen-bond donors (Lipinski definition) is 1. The summed E-state index contributed by atoms with van der Waals surface area (Å²) < 4.78 is 5.16. The number of hydrogen-bond acceptors (Lipinski definition) is 2. The highest BCUT2D eigenvalue weighted by Gasteiger charge is 2.02. The number of benzene rings is 2. The Hall–Kier alpha value is -1.38. The van der Waals surface area contributed by atoms with Gasteiger partial charge in [-0.05, 0) is 29.8 Å². The second-order valence-electron chi connectivity index (χ2n) is 3.83. The van der Waals surface area contributed by atoms with Gasteiger partial charge in [0, 0.05) is 17.6 Å². The van der Waals surface area contributed by atoms with E-state index in [4.69, 9.17) is 27.9 Å². The summed E-state index contributed by atoms with van der Waals surface area (Å²) in [6.07, 6.45) is 0. The molecule has 1 N–H and O–H groups in total. The van der Waals surface area contributed by atoms with Gasteiger partial charge >= 0.3 is 0 Å². The monoisotopic (exact) mass is 281 g/mol. The van der Waals surface area contributed by atoms with Gasteiger partial charge in [-0.2, -0.15) is 0 Å². The van der Waals surface area contributed by atoms with Crippen molar-refractivity contribution in [3.63, 3.8) is 0 Å². The van der Waals surface area contributed by atoms with Gasteiger partial charge in [-0.3, -0.25) is 0 Å². The van der Waals surface area contributed by atoms with Crippen LogP contribution in [-0.2, 0) is 6.54 Å². The van der Waals surface area contributed by atoms with E-state index in [1.54, 1.807) is 7.11 Å². The Kier molecular flexibility index (Phi) is 4.34. The van der Waals surface area contributed by atoms with Crippen LogP contribution in [0.2, 0.25) is 10.0 Å². The minimum Gasteiger partial charge on any atom is -0.497 e. The fourth-order valence-corrected chi connectivity index (χ4v) is 1.88. The Morgan fingerprint density at radius 1 is 1.06 bits per heavy atom. The molecule has 2 rings (SSSR count). The molecule has 0 heterocycles. The lowest BCUT2D eigenvalue weighted by Gasteiger charge is -2.10. The molecule has 0 aromatic heterocycles. The number of methoxy groups -OCH3 is 1. The summed E-state index contributed by atoms with van der Waals surface area (Å²) in [7, 11) is 1.63. The van der Waals surface area contributed by atoms with E-state index < -0.39 is 0 Å². The molecule has 0 atom stereocenters. The average Bonchev–Trinajstić information content (AvgIpc) is 2.40. The maximum absolute atomic E-state index is 6.11. The van der Waals surface area contributed by atoms with E-state index in [2.05, 4.69) is 5.32 Å². The van der Waals surface area contributed by atoms with E-state index in [1.807, 2.05) is 42.5 Å². The van der Waals surface area contributed by atoms with Crippen molar-refractivity contribution in [1.29, 1.82) is 0 Å². The van der Waals surface area contributed by atoms with Crippen molar-refractivity contribution < 1.29 is 4.74 Å². The van der Waals surface area contributed by atoms with Gasteiger partial charge in [-0.1, -0.05) is 35.3 Å². The lowest BCUT2D eigenvalue weighted by molar-refractivity contribution is 0.415. The molecule has 0 saturated heterocycles. The number of rotatable bonds is 4. The van der Waals surface area contributed by atoms with Crippen LogP contribution in [-0.4, -0.2) is 7.11 Å². The minimum absolute atomic E-state index is 0.671. The number of anilines is 1. The maximum Gasteiger partial charge on any atom is 0.121 e. The van der Waals surface area contributed by atoms with Crippen LogP contribution in [0.15, 0.2) is 42.5 Å². The van der Waals surface area contributed by atoms with Crippen molar-refractivity contribution in [1.82, 2.24) is 0 Å². The first kappa shape index (κ1) is 13.1. The van der Waals surface area contributed by atoms with Crippen molar-refractivity contribution in [2.24, 2.45) is 0 Å². The van der Waals surface area contributed by atoms with E-state index >= 15 is 0 Å². The zero-order chi connectivity index (χ0) is 13.0. The van der Waals surface area contributed by atoms with Gasteiger partial charge < -0.3 is 10.1 Å². The third-order valence-electron chi connectivity index (χ3n) is 2.57. The molecule has 0 aliphatic carbocycles. The number of nitrogens with one attached hydrogen (secondary N) is 1. The van der Waals surface area contributed by atoms with Crippen molar-refractivity contribution in [2.45, 2.75) is 6.54 Å². The highest BCUT2D eigenvalue weighted by molar-refractivity contribution is 6.33. The summed E-state index contributed by atoms with van der Waals surface area (Å²) >= 11 is 11.9. The number of halogens is 2. The van der Waals surface area contributed by atoms with Gasteiger partial charge in [0.15, 0.2) is 0 Å². The molecule has 2 aromatic carbocycles. The van der Waals surface area contributed by atoms with Gasteiger partial charge in [0.1, 0.15) is 5.75 Å². The smallest absolute Gasteiger partial charge is 0.121 e. The molecular formula is C14H13Cl2NO. The quantitative estimate of drug-likeness (QED) is 0.883. The van der Waals surface area contributed by atoms with Gasteiger partial charge in [0.2, 0.25) is 0 Å². The topological polar surface area (TPSA) is 21.3 Å². The van der Waals surface area contributed by atoms with Crippen LogP contribution in [0.3, 0.4) is 0 Å². The molecule has 0 aliphatic heterocycles. The van der Waals surface area contributed by atoms with Crippen LogP contribution in [0.25, 0.3) is 0 Å². The molecule has 0 amide bonds. The molecule has 94 valence electrons. The summed E-state index contributed by atoms with van der Waals surface area (Å²) in [6, 6.07) is 13.2. The standard InChI is InChI=1S/C14H13Cl2NO/c1-18-12-6-7-13(16)14(8-12)17-9-10-2-4-11(15)5-3-10/h2-8,17H,9H2,1H3. The Morgan fingerprint density at radius 2 is 1.78 bits per heavy atom. The summed E-state index contributed by atoms with van der Waals surface area (Å²) in [5, 5.41) is 4.67. The predicted octanol–water partition coefficient (Wildman–Crippen LogP) is 4.61. The second-order valence-corrected chi connectivity index (χ2v) is 4.67. The van der Waals surface area contributed by atoms with Crippen molar-refractivity contribution >= 4 is 28.9 Å². The van der Waals surface area contributed by atoms with Gasteiger partial charge in [0.05, 0.1) is 17.8 Å². The molecular weight excluding hydrogens is 269 g/mol. The van der Waals surface area contributed by atoms with Gasteiger partial charge in [-0.15, -0.1) is 0 Å². The van der Waals surface area contributed by atoms with Crippen LogP contribution in [0.5, 0.6) is 5.75 Å². The van der Waals surface area contributed by atoms with Crippen molar-refractivity contribution in [2.75, 3.05) is 12.4 Å². The molecule has 0 fully saturated rings. The molecule has 4 heteroatoms. The fraction of sp³-hybridized carbons (Fsp3) is 0.143. The van der Waals surface area contributed by atoms with E-state index in [9.17, 15) is 0 Å². The lowest BCUT2D eigenvalue weighted by Crippen LogP contribution is -2.00. The highest BCUT2D eigenvalue weighted by atomic mass is 35.5. The predicted molar refractivity (Wildman–Crippen MR) is 76.8 cm³/mol. The summed E-state index contributed by atoms with van der Waals surface area (Å²) in [5.74, 6) is 0.776. The first-order valence-electron chi connectivity index (χ1n) is 5.51. The van der Waals surface area contributed by atoms with E-state index in [0.717, 1.165) is 22.0 Å². The normalized spacial score (nSPS) is 10.2. The van der Waals surface area contributed by atoms with Crippen LogP contribution < -0.4 is 10.1 Å². The third kappa shape index (κ3) is 3.31. The van der Waals surface area contributed by atoms with Crippen molar-refractivity contribution in [3.05, 3.63) is 58.1 Å². The zero-order valence-corrected chi connectivity index (χ0v) is 11.4. The average molecular weight is 282 g/mol. The highest BCUT2D eigenvalue weighted by Crippen LogP contribution is 2.27. The summed E-state index contributed by atoms with van der Waals surface area (Å²) in [5.41, 5.74) is 1.99. The SMILES string of the molecule is COc1ccc(Cl)c(NCc2ccc(Cl)cc2)c1. The largest absolute Gasteiger partial charge is 0.497 e. The fourth-order valence-electron chi connectivity index (χ4n) is 1.57. The van der Waals surface area contributed by atoms with Crippen molar-refractivity contribution in [3.8, 4) is 5.75 Å². The maximum atomic E-state index is 6.11. The van der Waals surface area contributed by atoms with E-state index in [1.165, 1.54) is 0 Å². The molecule has 2 nitrogen and oxygen atoms in total. The summed E-state index contributed by atoms with van der Waals surface area (Å²) in [6.45, 7) is 0.685. The number of ether oxygens (including phenoxy) is 1. The van der Waals surface area contributed by atoms with Crippen LogP contribution in [0.1, 0.15) is 5.56 Å². The van der Waals surface area contributed by atoms with Crippen LogP contribution >= 0.6 is 23.2 Å². The van der Waals surface area contributed by atoms with E-state index in [-0.39, 0.29) is 0 Å². The second kappa shape index (κ2) is 5.98.